The van der Waals surface area contributed by atoms with Crippen molar-refractivity contribution in [2.45, 2.75) is 34.8 Å². The lowest BCUT2D eigenvalue weighted by atomic mass is 10.3. The molecule has 0 amide bonds. The second-order valence-electron chi connectivity index (χ2n) is 4.27. The predicted molar refractivity (Wildman–Crippen MR) is 72.9 cm³/mol. The molecule has 0 N–H and O–H groups in total. The first-order valence-corrected chi connectivity index (χ1v) is 7.04. The van der Waals surface area contributed by atoms with Crippen molar-refractivity contribution in [2.75, 3.05) is 0 Å². The Hall–Kier alpha value is -1.34. The lowest BCUT2D eigenvalue weighted by molar-refractivity contribution is -0.396. The molecule has 0 spiro atoms. The van der Waals surface area contributed by atoms with Crippen molar-refractivity contribution in [3.8, 4) is 0 Å². The number of hydrogen-bond acceptors (Lipinski definition) is 5. The highest BCUT2D eigenvalue weighted by Crippen LogP contribution is 2.41. The van der Waals surface area contributed by atoms with Gasteiger partial charge in [-0.1, -0.05) is 6.42 Å². The van der Waals surface area contributed by atoms with E-state index in [0.29, 0.717) is 4.90 Å². The zero-order valence-electron chi connectivity index (χ0n) is 9.82. The Bertz CT molecular complexity index is 525. The molecule has 0 aromatic heterocycles. The summed E-state index contributed by atoms with van der Waals surface area (Å²) in [7, 11) is 0. The smallest absolute Gasteiger partial charge is 0.258 e. The van der Waals surface area contributed by atoms with Gasteiger partial charge >= 0.3 is 0 Å². The summed E-state index contributed by atoms with van der Waals surface area (Å²) < 4.78 is 0. The third-order valence-corrected chi connectivity index (χ3v) is 5.14. The van der Waals surface area contributed by atoms with Gasteiger partial charge in [0.2, 0.25) is 0 Å². The largest absolute Gasteiger partial charge is 0.289 e. The van der Waals surface area contributed by atoms with Gasteiger partial charge in [0.1, 0.15) is 0 Å². The number of hydrogen-bond donors (Lipinski definition) is 0. The maximum Gasteiger partial charge on any atom is 0.289 e. The van der Waals surface area contributed by atoms with Crippen LogP contribution in [0.15, 0.2) is 23.1 Å². The van der Waals surface area contributed by atoms with Gasteiger partial charge in [-0.05, 0) is 18.9 Å². The fraction of sp³-hybridized carbons (Fsp3) is 0.455. The van der Waals surface area contributed by atoms with Gasteiger partial charge in [-0.25, -0.2) is 0 Å². The highest BCUT2D eigenvalue weighted by Gasteiger charge is 2.29. The SMILES string of the molecule is O=[N+]([O-])c1ccc(SC2CCCC2Cl)c([N+](=O)[O-])c1. The molecule has 0 bridgehead atoms. The van der Waals surface area contributed by atoms with Gasteiger partial charge in [-0.15, -0.1) is 23.4 Å². The molecule has 1 aliphatic carbocycles. The number of nitro benzene ring substituents is 2. The van der Waals surface area contributed by atoms with Crippen molar-refractivity contribution in [1.29, 1.82) is 0 Å². The zero-order chi connectivity index (χ0) is 14.0. The van der Waals surface area contributed by atoms with Crippen LogP contribution in [0.3, 0.4) is 0 Å². The van der Waals surface area contributed by atoms with E-state index >= 15 is 0 Å². The van der Waals surface area contributed by atoms with E-state index in [4.69, 9.17) is 11.6 Å². The highest BCUT2D eigenvalue weighted by molar-refractivity contribution is 8.00. The maximum absolute atomic E-state index is 11.0. The summed E-state index contributed by atoms with van der Waals surface area (Å²) >= 11 is 7.48. The van der Waals surface area contributed by atoms with Crippen LogP contribution in [0.2, 0.25) is 0 Å². The van der Waals surface area contributed by atoms with Crippen molar-refractivity contribution in [2.24, 2.45) is 0 Å². The first-order chi connectivity index (χ1) is 8.99. The van der Waals surface area contributed by atoms with Crippen LogP contribution in [-0.4, -0.2) is 20.5 Å². The molecule has 2 unspecified atom stereocenters. The van der Waals surface area contributed by atoms with E-state index in [1.165, 1.54) is 23.9 Å². The van der Waals surface area contributed by atoms with E-state index in [2.05, 4.69) is 0 Å². The summed E-state index contributed by atoms with van der Waals surface area (Å²) in [6, 6.07) is 3.72. The van der Waals surface area contributed by atoms with Crippen molar-refractivity contribution in [3.05, 3.63) is 38.4 Å². The van der Waals surface area contributed by atoms with Gasteiger partial charge in [-0.3, -0.25) is 20.2 Å². The Morgan fingerprint density at radius 2 is 1.95 bits per heavy atom. The van der Waals surface area contributed by atoms with Crippen molar-refractivity contribution < 1.29 is 9.85 Å². The van der Waals surface area contributed by atoms with Crippen LogP contribution in [0.4, 0.5) is 11.4 Å². The van der Waals surface area contributed by atoms with Crippen molar-refractivity contribution in [3.63, 3.8) is 0 Å². The Balaban J connectivity index is 2.29. The quantitative estimate of drug-likeness (QED) is 0.480. The maximum atomic E-state index is 11.0. The number of alkyl halides is 1. The molecule has 6 nitrogen and oxygen atoms in total. The van der Waals surface area contributed by atoms with Crippen LogP contribution in [0.5, 0.6) is 0 Å². The molecule has 8 heteroatoms. The number of thioether (sulfide) groups is 1. The predicted octanol–water partition coefficient (Wildman–Crippen LogP) is 3.76. The molecule has 2 rings (SSSR count). The van der Waals surface area contributed by atoms with Crippen molar-refractivity contribution >= 4 is 34.7 Å². The number of rotatable bonds is 4. The van der Waals surface area contributed by atoms with Crippen LogP contribution in [0.25, 0.3) is 0 Å². The van der Waals surface area contributed by atoms with E-state index in [-0.39, 0.29) is 22.0 Å². The standard InChI is InChI=1S/C11H11ClN2O4S/c12-8-2-1-3-10(8)19-11-5-4-7(13(15)16)6-9(11)14(17)18/h4-6,8,10H,1-3H2. The van der Waals surface area contributed by atoms with Crippen LogP contribution in [0, 0.1) is 20.2 Å². The third-order valence-electron chi connectivity index (χ3n) is 3.00. The number of halogens is 1. The van der Waals surface area contributed by atoms with Gasteiger partial charge in [-0.2, -0.15) is 0 Å². The highest BCUT2D eigenvalue weighted by atomic mass is 35.5. The summed E-state index contributed by atoms with van der Waals surface area (Å²) in [5, 5.41) is 21.8. The van der Waals surface area contributed by atoms with E-state index in [1.54, 1.807) is 0 Å². The third kappa shape index (κ3) is 3.16. The molecule has 1 saturated carbocycles. The van der Waals surface area contributed by atoms with E-state index in [0.717, 1.165) is 25.3 Å². The summed E-state index contributed by atoms with van der Waals surface area (Å²) in [4.78, 5) is 20.8. The molecule has 1 aliphatic rings. The van der Waals surface area contributed by atoms with Gasteiger partial charge in [0, 0.05) is 16.7 Å². The molecular formula is C11H11ClN2O4S. The molecule has 102 valence electrons. The van der Waals surface area contributed by atoms with Crippen LogP contribution >= 0.6 is 23.4 Å². The monoisotopic (exact) mass is 302 g/mol. The fourth-order valence-electron chi connectivity index (χ4n) is 2.04. The molecule has 19 heavy (non-hydrogen) atoms. The normalized spacial score (nSPS) is 22.4. The molecule has 0 radical (unpaired) electrons. The Morgan fingerprint density at radius 1 is 1.21 bits per heavy atom. The molecule has 0 saturated heterocycles. The number of non-ortho nitro benzene ring substituents is 1. The minimum atomic E-state index is -0.638. The fourth-order valence-corrected chi connectivity index (χ4v) is 3.77. The molecule has 1 fully saturated rings. The lowest BCUT2D eigenvalue weighted by Gasteiger charge is -2.12. The topological polar surface area (TPSA) is 86.3 Å². The van der Waals surface area contributed by atoms with Gasteiger partial charge in [0.05, 0.1) is 20.8 Å². The number of benzene rings is 1. The molecule has 0 heterocycles. The molecule has 0 aliphatic heterocycles. The summed E-state index contributed by atoms with van der Waals surface area (Å²) in [5.41, 5.74) is -0.500. The Morgan fingerprint density at radius 3 is 2.47 bits per heavy atom. The summed E-state index contributed by atoms with van der Waals surface area (Å²) in [6.45, 7) is 0. The summed E-state index contributed by atoms with van der Waals surface area (Å²) in [6.07, 6.45) is 2.82. The minimum Gasteiger partial charge on any atom is -0.258 e. The first-order valence-electron chi connectivity index (χ1n) is 5.72. The lowest BCUT2D eigenvalue weighted by Crippen LogP contribution is -2.09. The molecule has 2 atom stereocenters. The molecule has 1 aromatic rings. The van der Waals surface area contributed by atoms with Gasteiger partial charge < -0.3 is 0 Å². The summed E-state index contributed by atoms with van der Waals surface area (Å²) in [5.74, 6) is 0. The number of nitro groups is 2. The van der Waals surface area contributed by atoms with Crippen LogP contribution in [0.1, 0.15) is 19.3 Å². The first kappa shape index (κ1) is 14.1. The van der Waals surface area contributed by atoms with Crippen LogP contribution in [-0.2, 0) is 0 Å². The van der Waals surface area contributed by atoms with Crippen LogP contribution < -0.4 is 0 Å². The average molecular weight is 303 g/mol. The minimum absolute atomic E-state index is 0.000189. The van der Waals surface area contributed by atoms with Gasteiger partial charge in [0.15, 0.2) is 0 Å². The van der Waals surface area contributed by atoms with E-state index < -0.39 is 9.85 Å². The Kier molecular flexibility index (Phi) is 4.26. The Labute approximate surface area is 118 Å². The van der Waals surface area contributed by atoms with Gasteiger partial charge in [0.25, 0.3) is 11.4 Å². The van der Waals surface area contributed by atoms with E-state index in [9.17, 15) is 20.2 Å². The molecule has 1 aromatic carbocycles. The average Bonchev–Trinajstić information content (AvgIpc) is 2.75. The number of nitrogens with zero attached hydrogens (tertiary/aromatic N) is 2. The second-order valence-corrected chi connectivity index (χ2v) is 6.11. The van der Waals surface area contributed by atoms with E-state index in [1.807, 2.05) is 0 Å². The van der Waals surface area contributed by atoms with Crippen molar-refractivity contribution in [1.82, 2.24) is 0 Å². The second kappa shape index (κ2) is 5.75. The molecular weight excluding hydrogens is 292 g/mol. The zero-order valence-corrected chi connectivity index (χ0v) is 11.4.